The maximum absolute atomic E-state index is 13.1. The molecule has 6 atom stereocenters. The number of hydrogen-bond acceptors (Lipinski definition) is 15. The van der Waals surface area contributed by atoms with Crippen LogP contribution in [-0.4, -0.2) is 96.7 Å². The predicted molar refractivity (Wildman–Crippen MR) is 381 cm³/mol. The monoisotopic (exact) mass is 1380 g/mol. The summed E-state index contributed by atoms with van der Waals surface area (Å²) in [5, 5.41) is 10.6. The molecule has 0 aromatic rings. The van der Waals surface area contributed by atoms with E-state index in [0.29, 0.717) is 25.7 Å². The van der Waals surface area contributed by atoms with Crippen LogP contribution in [0.15, 0.2) is 0 Å². The summed E-state index contributed by atoms with van der Waals surface area (Å²) in [4.78, 5) is 72.5. The Labute approximate surface area is 575 Å². The lowest BCUT2D eigenvalue weighted by molar-refractivity contribution is -0.161. The molecule has 0 amide bonds. The number of carbonyl (C=O) groups excluding carboxylic acids is 4. The molecule has 0 aliphatic carbocycles. The number of rotatable bonds is 74. The highest BCUT2D eigenvalue weighted by Gasteiger charge is 2.30. The first kappa shape index (κ1) is 92.1. The molecule has 0 saturated carbocycles. The average molecular weight is 1380 g/mol. The number of phosphoric ester groups is 2. The van der Waals surface area contributed by atoms with Crippen LogP contribution in [0.25, 0.3) is 0 Å². The minimum Gasteiger partial charge on any atom is -0.462 e. The smallest absolute Gasteiger partial charge is 0.462 e. The van der Waals surface area contributed by atoms with Crippen LogP contribution in [0.3, 0.4) is 0 Å². The molecule has 94 heavy (non-hydrogen) atoms. The van der Waals surface area contributed by atoms with E-state index in [0.717, 1.165) is 108 Å². The lowest BCUT2D eigenvalue weighted by Gasteiger charge is -2.21. The zero-order valence-electron chi connectivity index (χ0n) is 61.3. The molecule has 0 aliphatic heterocycles. The Bertz CT molecular complexity index is 1820. The van der Waals surface area contributed by atoms with Crippen molar-refractivity contribution in [1.29, 1.82) is 0 Å². The van der Waals surface area contributed by atoms with Gasteiger partial charge in [0.2, 0.25) is 0 Å². The zero-order chi connectivity index (χ0) is 69.3. The molecule has 0 aliphatic rings. The molecule has 0 bridgehead atoms. The normalized spacial score (nSPS) is 14.3. The summed E-state index contributed by atoms with van der Waals surface area (Å²) in [6.07, 6.45) is 54.6. The van der Waals surface area contributed by atoms with Gasteiger partial charge in [0.1, 0.15) is 19.3 Å². The van der Waals surface area contributed by atoms with Crippen LogP contribution in [0.4, 0.5) is 0 Å². The summed E-state index contributed by atoms with van der Waals surface area (Å²) < 4.78 is 68.3. The molecule has 0 rings (SSSR count). The Morgan fingerprint density at radius 2 is 0.543 bits per heavy atom. The number of unbranched alkanes of at least 4 members (excludes halogenated alkanes) is 43. The predicted octanol–water partition coefficient (Wildman–Crippen LogP) is 21.9. The topological polar surface area (TPSA) is 237 Å². The zero-order valence-corrected chi connectivity index (χ0v) is 63.1. The van der Waals surface area contributed by atoms with Crippen LogP contribution >= 0.6 is 15.6 Å². The third-order valence-electron chi connectivity index (χ3n) is 17.8. The van der Waals surface area contributed by atoms with Gasteiger partial charge in [0.15, 0.2) is 12.2 Å². The van der Waals surface area contributed by atoms with E-state index in [4.69, 9.17) is 37.0 Å². The van der Waals surface area contributed by atoms with Crippen molar-refractivity contribution in [2.24, 2.45) is 11.8 Å². The number of phosphoric acid groups is 2. The Morgan fingerprint density at radius 1 is 0.309 bits per heavy atom. The molecular weight excluding hydrogens is 1230 g/mol. The van der Waals surface area contributed by atoms with Crippen molar-refractivity contribution in [2.45, 2.75) is 407 Å². The number of ether oxygens (including phenoxy) is 4. The van der Waals surface area contributed by atoms with Gasteiger partial charge in [-0.15, -0.1) is 0 Å². The molecule has 0 aromatic heterocycles. The molecule has 19 heteroatoms. The largest absolute Gasteiger partial charge is 0.472 e. The standard InChI is InChI=1S/C75H146O17P2/c1-7-10-12-14-15-16-17-18-19-20-21-22-23-24-25-26-29-36-41-47-53-59-75(80)92-71(64-86-73(78)58-52-46-40-35-30-27-28-33-38-44-49-55-67(4)5)66-90-94(83,84)88-62-69(76)61-87-93(81,82)89-65-70(63-85-72(77)57-51-43-13-11-8-2)91-74(79)60-54-48-42-37-32-31-34-39-45-50-56-68(6)9-3/h67-71,76H,7-66H2,1-6H3,(H,81,82)(H,83,84)/t68?,69-,70+,71+/m0/s1. The molecule has 0 aromatic carbocycles. The maximum Gasteiger partial charge on any atom is 0.472 e. The molecule has 3 unspecified atom stereocenters. The first-order chi connectivity index (χ1) is 45.4. The lowest BCUT2D eigenvalue weighted by atomic mass is 9.99. The fourth-order valence-corrected chi connectivity index (χ4v) is 13.0. The molecule has 0 heterocycles. The van der Waals surface area contributed by atoms with Crippen LogP contribution in [0.2, 0.25) is 0 Å². The van der Waals surface area contributed by atoms with E-state index in [2.05, 4.69) is 41.5 Å². The SMILES string of the molecule is CCCCCCCCCCCCCCCCCCCCCCCC(=O)O[C@H](COC(=O)CCCCCCCCCCCCCC(C)C)COP(=O)(O)OC[C@@H](O)COP(=O)(O)OC[C@@H](COC(=O)CCCCCCC)OC(=O)CCCCCCCCCCCCC(C)CC. The summed E-state index contributed by atoms with van der Waals surface area (Å²) in [7, 11) is -9.90. The van der Waals surface area contributed by atoms with E-state index in [1.165, 1.54) is 199 Å². The van der Waals surface area contributed by atoms with Crippen molar-refractivity contribution in [1.82, 2.24) is 0 Å². The van der Waals surface area contributed by atoms with Gasteiger partial charge >= 0.3 is 39.5 Å². The van der Waals surface area contributed by atoms with Crippen LogP contribution in [0.5, 0.6) is 0 Å². The highest BCUT2D eigenvalue weighted by molar-refractivity contribution is 7.47. The summed E-state index contributed by atoms with van der Waals surface area (Å²) in [5.74, 6) is -0.555. The van der Waals surface area contributed by atoms with Gasteiger partial charge in [0.05, 0.1) is 26.4 Å². The van der Waals surface area contributed by atoms with Crippen molar-refractivity contribution < 1.29 is 80.2 Å². The second kappa shape index (κ2) is 66.9. The van der Waals surface area contributed by atoms with E-state index in [1.807, 2.05) is 0 Å². The van der Waals surface area contributed by atoms with Crippen LogP contribution in [-0.2, 0) is 65.4 Å². The molecule has 0 fully saturated rings. The number of esters is 4. The van der Waals surface area contributed by atoms with Crippen LogP contribution in [0.1, 0.15) is 388 Å². The minimum atomic E-state index is -4.95. The third-order valence-corrected chi connectivity index (χ3v) is 19.7. The minimum absolute atomic E-state index is 0.105. The molecular formula is C75H146O17P2. The van der Waals surface area contributed by atoms with Crippen molar-refractivity contribution in [3.8, 4) is 0 Å². The van der Waals surface area contributed by atoms with Crippen molar-refractivity contribution in [3.05, 3.63) is 0 Å². The Balaban J connectivity index is 5.12. The van der Waals surface area contributed by atoms with Crippen molar-refractivity contribution in [3.63, 3.8) is 0 Å². The number of aliphatic hydroxyl groups excluding tert-OH is 1. The second-order valence-electron chi connectivity index (χ2n) is 27.8. The molecule has 3 N–H and O–H groups in total. The van der Waals surface area contributed by atoms with E-state index in [-0.39, 0.29) is 25.7 Å². The molecule has 558 valence electrons. The fourth-order valence-electron chi connectivity index (χ4n) is 11.4. The second-order valence-corrected chi connectivity index (χ2v) is 30.7. The van der Waals surface area contributed by atoms with E-state index in [9.17, 15) is 43.2 Å². The molecule has 0 spiro atoms. The Kier molecular flexibility index (Phi) is 65.5. The van der Waals surface area contributed by atoms with E-state index >= 15 is 0 Å². The van der Waals surface area contributed by atoms with Gasteiger partial charge in [-0.05, 0) is 37.5 Å². The van der Waals surface area contributed by atoms with Gasteiger partial charge in [0.25, 0.3) is 0 Å². The van der Waals surface area contributed by atoms with Gasteiger partial charge in [0, 0.05) is 25.7 Å². The summed E-state index contributed by atoms with van der Waals surface area (Å²) >= 11 is 0. The number of aliphatic hydroxyl groups is 1. The van der Waals surface area contributed by atoms with E-state index < -0.39 is 97.5 Å². The van der Waals surface area contributed by atoms with Crippen LogP contribution in [0, 0.1) is 11.8 Å². The van der Waals surface area contributed by atoms with E-state index in [1.54, 1.807) is 0 Å². The Morgan fingerprint density at radius 3 is 0.809 bits per heavy atom. The van der Waals surface area contributed by atoms with Crippen molar-refractivity contribution >= 4 is 39.5 Å². The first-order valence-corrected chi connectivity index (χ1v) is 42.0. The van der Waals surface area contributed by atoms with Crippen LogP contribution < -0.4 is 0 Å². The fraction of sp³-hybridized carbons (Fsp3) is 0.947. The highest BCUT2D eigenvalue weighted by Crippen LogP contribution is 2.45. The summed E-state index contributed by atoms with van der Waals surface area (Å²) in [6.45, 7) is 9.52. The Hall–Kier alpha value is -1.94. The maximum atomic E-state index is 13.1. The van der Waals surface area contributed by atoms with Gasteiger partial charge in [-0.25, -0.2) is 9.13 Å². The summed E-state index contributed by atoms with van der Waals surface area (Å²) in [5.41, 5.74) is 0. The first-order valence-electron chi connectivity index (χ1n) is 39.0. The van der Waals surface area contributed by atoms with Gasteiger partial charge in [-0.1, -0.05) is 337 Å². The molecule has 0 saturated heterocycles. The molecule has 0 radical (unpaired) electrons. The third kappa shape index (κ3) is 67.3. The highest BCUT2D eigenvalue weighted by atomic mass is 31.2. The van der Waals surface area contributed by atoms with Gasteiger partial charge in [-0.3, -0.25) is 37.3 Å². The average Bonchev–Trinajstić information content (AvgIpc) is 1.31. The van der Waals surface area contributed by atoms with Crippen molar-refractivity contribution in [2.75, 3.05) is 39.6 Å². The quantitative estimate of drug-likeness (QED) is 0.0222. The van der Waals surface area contributed by atoms with Gasteiger partial charge < -0.3 is 33.8 Å². The number of hydrogen-bond donors (Lipinski definition) is 3. The lowest BCUT2D eigenvalue weighted by Crippen LogP contribution is -2.30. The number of carbonyl (C=O) groups is 4. The van der Waals surface area contributed by atoms with Gasteiger partial charge in [-0.2, -0.15) is 0 Å². The molecule has 17 nitrogen and oxygen atoms in total. The summed E-state index contributed by atoms with van der Waals surface area (Å²) in [6, 6.07) is 0.